The van der Waals surface area contributed by atoms with Crippen molar-refractivity contribution < 1.29 is 4.79 Å². The molecule has 1 N–H and O–H groups in total. The van der Waals surface area contributed by atoms with Crippen LogP contribution in [0.4, 0.5) is 0 Å². The van der Waals surface area contributed by atoms with Crippen molar-refractivity contribution in [3.63, 3.8) is 0 Å². The van der Waals surface area contributed by atoms with Crippen molar-refractivity contribution in [3.05, 3.63) is 0 Å². The zero-order valence-electron chi connectivity index (χ0n) is 13.0. The summed E-state index contributed by atoms with van der Waals surface area (Å²) in [4.78, 5) is 14.9. The van der Waals surface area contributed by atoms with Gasteiger partial charge in [0.15, 0.2) is 0 Å². The Kier molecular flexibility index (Phi) is 4.88. The van der Waals surface area contributed by atoms with Gasteiger partial charge in [0.1, 0.15) is 0 Å². The van der Waals surface area contributed by atoms with Crippen LogP contribution in [0.1, 0.15) is 66.2 Å². The molecule has 1 aliphatic carbocycles. The maximum absolute atomic E-state index is 12.7. The third-order valence-electron chi connectivity index (χ3n) is 5.02. The molecule has 3 heteroatoms. The molecule has 0 aromatic rings. The Labute approximate surface area is 118 Å². The predicted molar refractivity (Wildman–Crippen MR) is 78.7 cm³/mol. The number of nitrogens with zero attached hydrogens (tertiary/aromatic N) is 1. The standard InChI is InChI=1S/C16H30N2O/c1-5-13(6-2)18-15(12-9-7-8-10-12)17-14(11(3)4)16(18)19/h11-15,17H,5-10H2,1-4H3. The molecule has 1 heterocycles. The van der Waals surface area contributed by atoms with Gasteiger partial charge in [0, 0.05) is 6.04 Å². The molecule has 110 valence electrons. The fourth-order valence-corrected chi connectivity index (χ4v) is 3.84. The normalized spacial score (nSPS) is 29.2. The maximum Gasteiger partial charge on any atom is 0.241 e. The molecule has 3 nitrogen and oxygen atoms in total. The van der Waals surface area contributed by atoms with Gasteiger partial charge in [0.25, 0.3) is 0 Å². The van der Waals surface area contributed by atoms with Crippen molar-refractivity contribution in [2.45, 2.75) is 84.5 Å². The summed E-state index contributed by atoms with van der Waals surface area (Å²) < 4.78 is 0. The van der Waals surface area contributed by atoms with Crippen LogP contribution in [0, 0.1) is 11.8 Å². The fraction of sp³-hybridized carbons (Fsp3) is 0.938. The first-order valence-electron chi connectivity index (χ1n) is 8.18. The van der Waals surface area contributed by atoms with E-state index in [-0.39, 0.29) is 6.04 Å². The van der Waals surface area contributed by atoms with Crippen LogP contribution >= 0.6 is 0 Å². The van der Waals surface area contributed by atoms with Gasteiger partial charge in [-0.2, -0.15) is 0 Å². The SMILES string of the molecule is CCC(CC)N1C(=O)C(C(C)C)NC1C1CCCC1. The van der Waals surface area contributed by atoms with Crippen LogP contribution < -0.4 is 5.32 Å². The van der Waals surface area contributed by atoms with E-state index < -0.39 is 0 Å². The third-order valence-corrected chi connectivity index (χ3v) is 5.02. The Morgan fingerprint density at radius 2 is 1.79 bits per heavy atom. The monoisotopic (exact) mass is 266 g/mol. The minimum atomic E-state index is 0.0335. The van der Waals surface area contributed by atoms with Gasteiger partial charge in [-0.25, -0.2) is 0 Å². The Balaban J connectivity index is 2.20. The van der Waals surface area contributed by atoms with Crippen molar-refractivity contribution in [2.24, 2.45) is 11.8 Å². The second-order valence-corrected chi connectivity index (χ2v) is 6.59. The van der Waals surface area contributed by atoms with Crippen LogP contribution in [0.3, 0.4) is 0 Å². The molecular formula is C16H30N2O. The highest BCUT2D eigenvalue weighted by Gasteiger charge is 2.46. The molecule has 2 atom stereocenters. The van der Waals surface area contributed by atoms with E-state index in [9.17, 15) is 4.79 Å². The lowest BCUT2D eigenvalue weighted by molar-refractivity contribution is -0.133. The lowest BCUT2D eigenvalue weighted by Gasteiger charge is -2.34. The third kappa shape index (κ3) is 2.81. The zero-order valence-corrected chi connectivity index (χ0v) is 13.0. The van der Waals surface area contributed by atoms with Crippen LogP contribution in [0.15, 0.2) is 0 Å². The summed E-state index contributed by atoms with van der Waals surface area (Å²) in [7, 11) is 0. The van der Waals surface area contributed by atoms with Gasteiger partial charge in [-0.05, 0) is 37.5 Å². The topological polar surface area (TPSA) is 32.3 Å². The number of hydrogen-bond acceptors (Lipinski definition) is 2. The fourth-order valence-electron chi connectivity index (χ4n) is 3.84. The summed E-state index contributed by atoms with van der Waals surface area (Å²) >= 11 is 0. The van der Waals surface area contributed by atoms with E-state index >= 15 is 0 Å². The molecule has 19 heavy (non-hydrogen) atoms. The molecule has 1 saturated heterocycles. The van der Waals surface area contributed by atoms with E-state index in [0.717, 1.165) is 12.8 Å². The molecule has 1 aliphatic heterocycles. The summed E-state index contributed by atoms with van der Waals surface area (Å²) in [6.45, 7) is 8.71. The Morgan fingerprint density at radius 3 is 2.26 bits per heavy atom. The van der Waals surface area contributed by atoms with Gasteiger partial charge in [-0.15, -0.1) is 0 Å². The Morgan fingerprint density at radius 1 is 1.21 bits per heavy atom. The minimum Gasteiger partial charge on any atom is -0.323 e. The first-order chi connectivity index (χ1) is 9.10. The smallest absolute Gasteiger partial charge is 0.241 e. The highest BCUT2D eigenvalue weighted by atomic mass is 16.2. The number of carbonyl (C=O) groups is 1. The number of hydrogen-bond donors (Lipinski definition) is 1. The number of carbonyl (C=O) groups excluding carboxylic acids is 1. The molecule has 2 fully saturated rings. The van der Waals surface area contributed by atoms with Crippen LogP contribution in [-0.4, -0.2) is 29.1 Å². The highest BCUT2D eigenvalue weighted by molar-refractivity contribution is 5.85. The van der Waals surface area contributed by atoms with Crippen molar-refractivity contribution in [2.75, 3.05) is 0 Å². The first-order valence-corrected chi connectivity index (χ1v) is 8.18. The van der Waals surface area contributed by atoms with E-state index in [2.05, 4.69) is 37.9 Å². The molecule has 0 spiro atoms. The van der Waals surface area contributed by atoms with Crippen LogP contribution in [-0.2, 0) is 4.79 Å². The van der Waals surface area contributed by atoms with Gasteiger partial charge in [0.2, 0.25) is 5.91 Å². The average Bonchev–Trinajstić information content (AvgIpc) is 3.00. The molecule has 1 amide bonds. The minimum absolute atomic E-state index is 0.0335. The quantitative estimate of drug-likeness (QED) is 0.829. The molecule has 0 bridgehead atoms. The molecule has 2 rings (SSSR count). The number of rotatable bonds is 5. The van der Waals surface area contributed by atoms with Crippen LogP contribution in [0.5, 0.6) is 0 Å². The summed E-state index contributed by atoms with van der Waals surface area (Å²) in [6, 6.07) is 0.445. The maximum atomic E-state index is 12.7. The number of amides is 1. The largest absolute Gasteiger partial charge is 0.323 e. The van der Waals surface area contributed by atoms with E-state index in [4.69, 9.17) is 0 Å². The van der Waals surface area contributed by atoms with Crippen LogP contribution in [0.2, 0.25) is 0 Å². The molecule has 1 saturated carbocycles. The molecule has 0 aromatic heterocycles. The highest BCUT2D eigenvalue weighted by Crippen LogP contribution is 2.34. The Hall–Kier alpha value is -0.570. The second-order valence-electron chi connectivity index (χ2n) is 6.59. The van der Waals surface area contributed by atoms with Crippen molar-refractivity contribution in [3.8, 4) is 0 Å². The second kappa shape index (κ2) is 6.25. The zero-order chi connectivity index (χ0) is 14.0. The summed E-state index contributed by atoms with van der Waals surface area (Å²) in [5, 5.41) is 3.66. The first kappa shape index (κ1) is 14.8. The van der Waals surface area contributed by atoms with E-state index in [1.54, 1.807) is 0 Å². The lowest BCUT2D eigenvalue weighted by Crippen LogP contribution is -2.47. The lowest BCUT2D eigenvalue weighted by atomic mass is 10.0. The molecule has 0 aromatic carbocycles. The predicted octanol–water partition coefficient (Wildman–Crippen LogP) is 3.15. The molecule has 2 unspecified atom stereocenters. The van der Waals surface area contributed by atoms with Crippen molar-refractivity contribution in [1.29, 1.82) is 0 Å². The molecule has 2 aliphatic rings. The van der Waals surface area contributed by atoms with Gasteiger partial charge in [-0.3, -0.25) is 10.1 Å². The number of nitrogens with one attached hydrogen (secondary N) is 1. The van der Waals surface area contributed by atoms with Crippen LogP contribution in [0.25, 0.3) is 0 Å². The van der Waals surface area contributed by atoms with E-state index in [1.807, 2.05) is 0 Å². The summed E-state index contributed by atoms with van der Waals surface area (Å²) in [5.41, 5.74) is 0. The van der Waals surface area contributed by atoms with E-state index in [1.165, 1.54) is 25.7 Å². The van der Waals surface area contributed by atoms with E-state index in [0.29, 0.717) is 30.0 Å². The van der Waals surface area contributed by atoms with Crippen molar-refractivity contribution in [1.82, 2.24) is 10.2 Å². The summed E-state index contributed by atoms with van der Waals surface area (Å²) in [6.07, 6.45) is 7.67. The van der Waals surface area contributed by atoms with Gasteiger partial charge in [0.05, 0.1) is 12.2 Å². The summed E-state index contributed by atoms with van der Waals surface area (Å²) in [5.74, 6) is 1.41. The molecular weight excluding hydrogens is 236 g/mol. The van der Waals surface area contributed by atoms with Gasteiger partial charge >= 0.3 is 0 Å². The van der Waals surface area contributed by atoms with Gasteiger partial charge < -0.3 is 4.90 Å². The Bertz CT molecular complexity index is 306. The molecule has 0 radical (unpaired) electrons. The van der Waals surface area contributed by atoms with Crippen molar-refractivity contribution >= 4 is 5.91 Å². The average molecular weight is 266 g/mol. The van der Waals surface area contributed by atoms with Gasteiger partial charge in [-0.1, -0.05) is 40.5 Å².